The van der Waals surface area contributed by atoms with Crippen LogP contribution in [0.2, 0.25) is 0 Å². The van der Waals surface area contributed by atoms with E-state index in [1.54, 1.807) is 14.0 Å². The first-order valence-electron chi connectivity index (χ1n) is 8.73. The normalized spacial score (nSPS) is 11.0. The Balaban J connectivity index is 1.80. The smallest absolute Gasteiger partial charge is 0.240 e. The standard InChI is InChI=1S/C21H25N3O3/c1-14-5-8-18(13-15(14)2)22-20(25)11-12-21(26)24-23-16(3)17-6-9-19(27-4)10-7-17/h5-10,13H,11-12H2,1-4H3,(H,22,25)(H,24,26). The highest BCUT2D eigenvalue weighted by Crippen LogP contribution is 2.14. The van der Waals surface area contributed by atoms with Crippen molar-refractivity contribution in [1.29, 1.82) is 0 Å². The molecule has 2 N–H and O–H groups in total. The van der Waals surface area contributed by atoms with Crippen LogP contribution in [0.4, 0.5) is 5.69 Å². The van der Waals surface area contributed by atoms with Gasteiger partial charge in [-0.25, -0.2) is 5.43 Å². The lowest BCUT2D eigenvalue weighted by Crippen LogP contribution is -2.21. The second-order valence-corrected chi connectivity index (χ2v) is 6.31. The van der Waals surface area contributed by atoms with Gasteiger partial charge in [-0.3, -0.25) is 9.59 Å². The van der Waals surface area contributed by atoms with Gasteiger partial charge >= 0.3 is 0 Å². The average Bonchev–Trinajstić information content (AvgIpc) is 2.67. The molecule has 27 heavy (non-hydrogen) atoms. The molecular weight excluding hydrogens is 342 g/mol. The molecule has 0 heterocycles. The zero-order chi connectivity index (χ0) is 19.8. The van der Waals surface area contributed by atoms with Crippen molar-refractivity contribution < 1.29 is 14.3 Å². The third kappa shape index (κ3) is 6.26. The van der Waals surface area contributed by atoms with Crippen molar-refractivity contribution in [2.75, 3.05) is 12.4 Å². The zero-order valence-corrected chi connectivity index (χ0v) is 16.1. The zero-order valence-electron chi connectivity index (χ0n) is 16.1. The van der Waals surface area contributed by atoms with E-state index in [-0.39, 0.29) is 24.7 Å². The first kappa shape index (κ1) is 20.2. The van der Waals surface area contributed by atoms with Gasteiger partial charge in [0.2, 0.25) is 11.8 Å². The Bertz CT molecular complexity index is 842. The van der Waals surface area contributed by atoms with Gasteiger partial charge in [-0.05, 0) is 73.9 Å². The lowest BCUT2D eigenvalue weighted by Gasteiger charge is -2.07. The summed E-state index contributed by atoms with van der Waals surface area (Å²) in [7, 11) is 1.60. The predicted molar refractivity (Wildman–Crippen MR) is 107 cm³/mol. The Labute approximate surface area is 159 Å². The SMILES string of the molecule is COc1ccc(C(C)=NNC(=O)CCC(=O)Nc2ccc(C)c(C)c2)cc1. The molecule has 2 aromatic rings. The Kier molecular flexibility index (Phi) is 7.11. The van der Waals surface area contributed by atoms with Gasteiger partial charge in [0.25, 0.3) is 0 Å². The van der Waals surface area contributed by atoms with E-state index in [1.807, 2.05) is 56.3 Å². The molecule has 0 atom stereocenters. The van der Waals surface area contributed by atoms with Crippen LogP contribution in [0.1, 0.15) is 36.5 Å². The van der Waals surface area contributed by atoms with Gasteiger partial charge < -0.3 is 10.1 Å². The Morgan fingerprint density at radius 1 is 0.963 bits per heavy atom. The van der Waals surface area contributed by atoms with Gasteiger partial charge in [0.1, 0.15) is 5.75 Å². The lowest BCUT2D eigenvalue weighted by atomic mass is 10.1. The van der Waals surface area contributed by atoms with Crippen molar-refractivity contribution in [3.63, 3.8) is 0 Å². The molecule has 0 aliphatic rings. The van der Waals surface area contributed by atoms with Crippen LogP contribution in [0.5, 0.6) is 5.75 Å². The summed E-state index contributed by atoms with van der Waals surface area (Å²) in [5.74, 6) is 0.243. The summed E-state index contributed by atoms with van der Waals surface area (Å²) in [6.07, 6.45) is 0.159. The van der Waals surface area contributed by atoms with Crippen LogP contribution in [0, 0.1) is 13.8 Å². The molecule has 6 nitrogen and oxygen atoms in total. The van der Waals surface area contributed by atoms with Gasteiger partial charge in [-0.2, -0.15) is 5.10 Å². The van der Waals surface area contributed by atoms with Gasteiger partial charge in [0.15, 0.2) is 0 Å². The highest BCUT2D eigenvalue weighted by Gasteiger charge is 2.08. The van der Waals surface area contributed by atoms with Gasteiger partial charge in [0, 0.05) is 18.5 Å². The minimum absolute atomic E-state index is 0.0655. The second-order valence-electron chi connectivity index (χ2n) is 6.31. The maximum absolute atomic E-state index is 12.0. The molecule has 0 fully saturated rings. The number of nitrogens with zero attached hydrogens (tertiary/aromatic N) is 1. The molecule has 2 aromatic carbocycles. The van der Waals surface area contributed by atoms with E-state index in [1.165, 1.54) is 0 Å². The molecule has 0 aliphatic carbocycles. The van der Waals surface area contributed by atoms with Crippen LogP contribution < -0.4 is 15.5 Å². The number of methoxy groups -OCH3 is 1. The van der Waals surface area contributed by atoms with E-state index in [9.17, 15) is 9.59 Å². The number of hydrogen-bond acceptors (Lipinski definition) is 4. The Hall–Kier alpha value is -3.15. The molecule has 6 heteroatoms. The number of carbonyl (C=O) groups excluding carboxylic acids is 2. The summed E-state index contributed by atoms with van der Waals surface area (Å²) >= 11 is 0. The number of hydrazone groups is 1. The molecule has 2 rings (SSSR count). The maximum Gasteiger partial charge on any atom is 0.240 e. The summed E-state index contributed by atoms with van der Waals surface area (Å²) in [6.45, 7) is 5.80. The first-order chi connectivity index (χ1) is 12.9. The van der Waals surface area contributed by atoms with E-state index in [0.29, 0.717) is 5.71 Å². The molecule has 0 aliphatic heterocycles. The molecule has 0 aromatic heterocycles. The number of amides is 2. The number of ether oxygens (including phenoxy) is 1. The fourth-order valence-electron chi connectivity index (χ4n) is 2.37. The molecule has 142 valence electrons. The monoisotopic (exact) mass is 367 g/mol. The first-order valence-corrected chi connectivity index (χ1v) is 8.73. The van der Waals surface area contributed by atoms with Crippen molar-refractivity contribution in [3.8, 4) is 5.75 Å². The molecule has 2 amide bonds. The van der Waals surface area contributed by atoms with Crippen LogP contribution in [0.15, 0.2) is 47.6 Å². The summed E-state index contributed by atoms with van der Waals surface area (Å²) in [6, 6.07) is 13.1. The number of nitrogens with one attached hydrogen (secondary N) is 2. The van der Waals surface area contributed by atoms with Crippen molar-refractivity contribution in [2.24, 2.45) is 5.10 Å². The van der Waals surface area contributed by atoms with Crippen molar-refractivity contribution in [1.82, 2.24) is 5.43 Å². The van der Waals surface area contributed by atoms with Crippen LogP contribution >= 0.6 is 0 Å². The Morgan fingerprint density at radius 2 is 1.63 bits per heavy atom. The maximum atomic E-state index is 12.0. The van der Waals surface area contributed by atoms with E-state index < -0.39 is 0 Å². The van der Waals surface area contributed by atoms with E-state index in [4.69, 9.17) is 4.74 Å². The molecule has 0 spiro atoms. The van der Waals surface area contributed by atoms with Crippen LogP contribution in [-0.4, -0.2) is 24.6 Å². The predicted octanol–water partition coefficient (Wildman–Crippen LogP) is 3.57. The number of aryl methyl sites for hydroxylation is 2. The molecule has 0 saturated heterocycles. The average molecular weight is 367 g/mol. The fourth-order valence-corrected chi connectivity index (χ4v) is 2.37. The number of anilines is 1. The van der Waals surface area contributed by atoms with Crippen LogP contribution in [0.3, 0.4) is 0 Å². The number of carbonyl (C=O) groups is 2. The van der Waals surface area contributed by atoms with Gasteiger partial charge in [-0.1, -0.05) is 6.07 Å². The summed E-state index contributed by atoms with van der Waals surface area (Å²) < 4.78 is 5.11. The van der Waals surface area contributed by atoms with Crippen molar-refractivity contribution in [3.05, 3.63) is 59.2 Å². The second kappa shape index (κ2) is 9.52. The van der Waals surface area contributed by atoms with Crippen molar-refractivity contribution in [2.45, 2.75) is 33.6 Å². The number of hydrogen-bond donors (Lipinski definition) is 2. The van der Waals surface area contributed by atoms with Crippen molar-refractivity contribution >= 4 is 23.2 Å². The van der Waals surface area contributed by atoms with Gasteiger partial charge in [0.05, 0.1) is 12.8 Å². The molecule has 0 saturated carbocycles. The minimum atomic E-state index is -0.307. The molecule has 0 bridgehead atoms. The van der Waals surface area contributed by atoms with E-state index in [2.05, 4.69) is 15.8 Å². The highest BCUT2D eigenvalue weighted by molar-refractivity contribution is 5.99. The summed E-state index contributed by atoms with van der Waals surface area (Å²) in [5, 5.41) is 6.88. The third-order valence-corrected chi connectivity index (χ3v) is 4.23. The third-order valence-electron chi connectivity index (χ3n) is 4.23. The number of rotatable bonds is 7. The minimum Gasteiger partial charge on any atom is -0.497 e. The highest BCUT2D eigenvalue weighted by atomic mass is 16.5. The molecule has 0 radical (unpaired) electrons. The number of benzene rings is 2. The quantitative estimate of drug-likeness (QED) is 0.580. The topological polar surface area (TPSA) is 79.8 Å². The summed E-state index contributed by atoms with van der Waals surface area (Å²) in [5.41, 5.74) is 7.04. The largest absolute Gasteiger partial charge is 0.497 e. The fraction of sp³-hybridized carbons (Fsp3) is 0.286. The molecule has 0 unspecified atom stereocenters. The Morgan fingerprint density at radius 3 is 2.26 bits per heavy atom. The lowest BCUT2D eigenvalue weighted by molar-refractivity contribution is -0.124. The van der Waals surface area contributed by atoms with E-state index in [0.717, 1.165) is 28.1 Å². The summed E-state index contributed by atoms with van der Waals surface area (Å²) in [4.78, 5) is 23.9. The molecular formula is C21H25N3O3. The van der Waals surface area contributed by atoms with Gasteiger partial charge in [-0.15, -0.1) is 0 Å². The van der Waals surface area contributed by atoms with Crippen LogP contribution in [-0.2, 0) is 9.59 Å². The van der Waals surface area contributed by atoms with E-state index >= 15 is 0 Å². The van der Waals surface area contributed by atoms with Crippen LogP contribution in [0.25, 0.3) is 0 Å².